The molecule has 1 aromatic rings. The Bertz CT molecular complexity index is 228. The summed E-state index contributed by atoms with van der Waals surface area (Å²) in [6.45, 7) is 4.46. The van der Waals surface area contributed by atoms with Crippen molar-refractivity contribution in [2.45, 2.75) is 12.8 Å². The molecule has 0 saturated carbocycles. The maximum absolute atomic E-state index is 5.71. The van der Waals surface area contributed by atoms with E-state index in [9.17, 15) is 0 Å². The molecule has 14 heavy (non-hydrogen) atoms. The van der Waals surface area contributed by atoms with Crippen LogP contribution < -0.4 is 4.74 Å². The van der Waals surface area contributed by atoms with E-state index in [0.29, 0.717) is 0 Å². The SMILES string of the molecule is [CH2-]CCCOc1ccc(Cl)cc1.[Zn+][Br]. The van der Waals surface area contributed by atoms with Crippen molar-refractivity contribution in [1.82, 2.24) is 0 Å². The van der Waals surface area contributed by atoms with Crippen molar-refractivity contribution in [3.63, 3.8) is 0 Å². The molecule has 0 aliphatic heterocycles. The Balaban J connectivity index is 0.000000791. The van der Waals surface area contributed by atoms with Crippen LogP contribution >= 0.6 is 25.2 Å². The summed E-state index contributed by atoms with van der Waals surface area (Å²) >= 11 is 9.96. The van der Waals surface area contributed by atoms with Crippen LogP contribution in [0.2, 0.25) is 5.02 Å². The topological polar surface area (TPSA) is 9.23 Å². The van der Waals surface area contributed by atoms with Crippen LogP contribution in [0.1, 0.15) is 12.8 Å². The third-order valence-electron chi connectivity index (χ3n) is 1.48. The van der Waals surface area contributed by atoms with Gasteiger partial charge in [-0.1, -0.05) is 11.6 Å². The molecule has 1 aromatic carbocycles. The van der Waals surface area contributed by atoms with Crippen molar-refractivity contribution >= 4 is 25.2 Å². The summed E-state index contributed by atoms with van der Waals surface area (Å²) in [5, 5.41) is 0.736. The molecule has 0 heterocycles. The van der Waals surface area contributed by atoms with Gasteiger partial charge in [0.25, 0.3) is 0 Å². The first-order chi connectivity index (χ1) is 6.83. The van der Waals surface area contributed by atoms with Crippen molar-refractivity contribution in [3.8, 4) is 5.75 Å². The predicted octanol–water partition coefficient (Wildman–Crippen LogP) is 4.18. The van der Waals surface area contributed by atoms with E-state index in [1.165, 1.54) is 16.3 Å². The Morgan fingerprint density at radius 3 is 2.36 bits per heavy atom. The standard InChI is InChI=1S/C10H12ClO.BrH.Zn/c1-2-3-8-12-10-6-4-9(11)5-7-10;;/h4-7H,1-3,8H2;1H;/q-1;;+2/p-1. The first kappa shape index (κ1) is 14.4. The molecule has 0 amide bonds. The van der Waals surface area contributed by atoms with Gasteiger partial charge in [0.1, 0.15) is 5.75 Å². The molecule has 0 N–H and O–H groups in total. The number of halogens is 2. The average molecular weight is 329 g/mol. The van der Waals surface area contributed by atoms with E-state index in [1.807, 2.05) is 24.3 Å². The van der Waals surface area contributed by atoms with Gasteiger partial charge >= 0.3 is 30.0 Å². The molecule has 0 aliphatic carbocycles. The third kappa shape index (κ3) is 6.81. The Labute approximate surface area is 107 Å². The molecular formula is C10H12BrClOZn. The molecule has 0 aromatic heterocycles. The molecule has 0 aliphatic rings. The van der Waals surface area contributed by atoms with E-state index in [2.05, 4.69) is 20.5 Å². The molecule has 1 nitrogen and oxygen atoms in total. The molecule has 0 radical (unpaired) electrons. The van der Waals surface area contributed by atoms with Crippen molar-refractivity contribution in [2.24, 2.45) is 0 Å². The Kier molecular flexibility index (Phi) is 10.2. The second-order valence-electron chi connectivity index (χ2n) is 2.51. The van der Waals surface area contributed by atoms with Gasteiger partial charge in [-0.15, -0.1) is 0 Å². The van der Waals surface area contributed by atoms with E-state index in [4.69, 9.17) is 16.3 Å². The summed E-state index contributed by atoms with van der Waals surface area (Å²) in [6.07, 6.45) is 1.90. The van der Waals surface area contributed by atoms with Gasteiger partial charge in [-0.05, 0) is 30.7 Å². The molecule has 74 valence electrons. The van der Waals surface area contributed by atoms with Gasteiger partial charge in [-0.25, -0.2) is 0 Å². The number of ether oxygens (including phenoxy) is 1. The van der Waals surface area contributed by atoms with Crippen LogP contribution in [0.15, 0.2) is 24.3 Å². The quantitative estimate of drug-likeness (QED) is 0.458. The fourth-order valence-electron chi connectivity index (χ4n) is 0.823. The molecule has 0 saturated heterocycles. The van der Waals surface area contributed by atoms with Crippen LogP contribution in [0.3, 0.4) is 0 Å². The molecule has 0 unspecified atom stereocenters. The van der Waals surface area contributed by atoms with Gasteiger partial charge in [0.05, 0.1) is 6.61 Å². The van der Waals surface area contributed by atoms with Crippen LogP contribution in [-0.2, 0) is 16.3 Å². The zero-order valence-electron chi connectivity index (χ0n) is 8.01. The van der Waals surface area contributed by atoms with Crippen LogP contribution in [-0.4, -0.2) is 6.61 Å². The van der Waals surface area contributed by atoms with E-state index in [1.54, 1.807) is 0 Å². The van der Waals surface area contributed by atoms with E-state index >= 15 is 0 Å². The fraction of sp³-hybridized carbons (Fsp3) is 0.300. The maximum atomic E-state index is 5.71. The molecule has 1 rings (SSSR count). The predicted molar refractivity (Wildman–Crippen MR) is 60.5 cm³/mol. The third-order valence-corrected chi connectivity index (χ3v) is 1.73. The van der Waals surface area contributed by atoms with E-state index < -0.39 is 0 Å². The molecule has 0 spiro atoms. The zero-order chi connectivity index (χ0) is 10.8. The number of rotatable bonds is 4. The summed E-state index contributed by atoms with van der Waals surface area (Å²) in [6, 6.07) is 7.37. The number of hydrogen-bond acceptors (Lipinski definition) is 1. The summed E-state index contributed by atoms with van der Waals surface area (Å²) in [7, 11) is 0. The molecular weight excluding hydrogens is 317 g/mol. The molecule has 0 fully saturated rings. The first-order valence-corrected chi connectivity index (χ1v) is 11.6. The Morgan fingerprint density at radius 1 is 1.29 bits per heavy atom. The fourth-order valence-corrected chi connectivity index (χ4v) is 0.949. The Hall–Kier alpha value is 0.413. The van der Waals surface area contributed by atoms with Gasteiger partial charge in [-0.2, -0.15) is 6.42 Å². The van der Waals surface area contributed by atoms with E-state index in [-0.39, 0.29) is 0 Å². The van der Waals surface area contributed by atoms with Crippen LogP contribution in [0, 0.1) is 6.92 Å². The first-order valence-electron chi connectivity index (χ1n) is 4.27. The summed E-state index contributed by atoms with van der Waals surface area (Å²) in [5.41, 5.74) is 0. The van der Waals surface area contributed by atoms with Crippen molar-refractivity contribution in [3.05, 3.63) is 36.2 Å². The van der Waals surface area contributed by atoms with Crippen molar-refractivity contribution < 1.29 is 21.1 Å². The van der Waals surface area contributed by atoms with Gasteiger partial charge in [0.2, 0.25) is 0 Å². The number of benzene rings is 1. The van der Waals surface area contributed by atoms with Crippen molar-refractivity contribution in [1.29, 1.82) is 0 Å². The van der Waals surface area contributed by atoms with E-state index in [0.717, 1.165) is 30.2 Å². The zero-order valence-corrected chi connectivity index (χ0v) is 13.3. The number of unbranched alkanes of at least 4 members (excludes halogenated alkanes) is 1. The van der Waals surface area contributed by atoms with Crippen molar-refractivity contribution in [2.75, 3.05) is 6.61 Å². The van der Waals surface area contributed by atoms with Gasteiger partial charge in [0, 0.05) is 5.02 Å². The molecule has 4 heteroatoms. The van der Waals surface area contributed by atoms with Crippen LogP contribution in [0.4, 0.5) is 0 Å². The second kappa shape index (κ2) is 9.95. The Morgan fingerprint density at radius 2 is 1.86 bits per heavy atom. The van der Waals surface area contributed by atoms with Gasteiger partial charge in [-0.3, -0.25) is 0 Å². The number of hydrogen-bond donors (Lipinski definition) is 0. The monoisotopic (exact) mass is 326 g/mol. The molecule has 0 atom stereocenters. The van der Waals surface area contributed by atoms with Gasteiger partial charge in [0.15, 0.2) is 0 Å². The second-order valence-corrected chi connectivity index (χ2v) is 2.95. The minimum atomic E-state index is 0.727. The minimum absolute atomic E-state index is 0.727. The summed E-state index contributed by atoms with van der Waals surface area (Å²) in [4.78, 5) is 0. The van der Waals surface area contributed by atoms with Crippen LogP contribution in [0.25, 0.3) is 0 Å². The molecule has 0 bridgehead atoms. The summed E-state index contributed by atoms with van der Waals surface area (Å²) in [5.74, 6) is 0.868. The average Bonchev–Trinajstić information content (AvgIpc) is 2.24. The van der Waals surface area contributed by atoms with Gasteiger partial charge < -0.3 is 11.7 Å². The summed E-state index contributed by atoms with van der Waals surface area (Å²) < 4.78 is 5.40. The van der Waals surface area contributed by atoms with Crippen LogP contribution in [0.5, 0.6) is 5.75 Å². The normalized spacial score (nSPS) is 8.93.